The Bertz CT molecular complexity index is 2600. The number of aromatic nitrogens is 2. The zero-order valence-corrected chi connectivity index (χ0v) is 35.0. The van der Waals surface area contributed by atoms with E-state index < -0.39 is 37.7 Å². The van der Waals surface area contributed by atoms with Gasteiger partial charge in [-0.2, -0.15) is 0 Å². The van der Waals surface area contributed by atoms with E-state index in [9.17, 15) is 23.3 Å². The van der Waals surface area contributed by atoms with Crippen LogP contribution in [0, 0.1) is 15.5 Å². The molecule has 1 unspecified atom stereocenters. The van der Waals surface area contributed by atoms with Crippen molar-refractivity contribution in [3.63, 3.8) is 0 Å². The number of hydrogen-bond donors (Lipinski definition) is 3. The number of nitro benzene ring substituents is 1. The second-order valence-corrected chi connectivity index (χ2v) is 18.3. The van der Waals surface area contributed by atoms with Crippen LogP contribution in [0.15, 0.2) is 95.7 Å². The van der Waals surface area contributed by atoms with Crippen molar-refractivity contribution in [2.75, 3.05) is 62.8 Å². The number of carbonyl (C=O) groups is 1. The summed E-state index contributed by atoms with van der Waals surface area (Å²) in [5, 5.41) is 16.4. The van der Waals surface area contributed by atoms with E-state index in [2.05, 4.69) is 41.9 Å². The molecular formula is C44H46ClN7O8S. The van der Waals surface area contributed by atoms with Gasteiger partial charge < -0.3 is 29.4 Å². The predicted octanol–water partition coefficient (Wildman–Crippen LogP) is 7.75. The number of sulfonamides is 1. The first kappa shape index (κ1) is 40.9. The van der Waals surface area contributed by atoms with Crippen LogP contribution < -0.4 is 19.7 Å². The summed E-state index contributed by atoms with van der Waals surface area (Å²) in [6, 6.07) is 20.3. The van der Waals surface area contributed by atoms with Crippen LogP contribution in [-0.4, -0.2) is 92.9 Å². The highest BCUT2D eigenvalue weighted by Crippen LogP contribution is 2.55. The lowest BCUT2D eigenvalue weighted by Gasteiger charge is -2.47. The summed E-state index contributed by atoms with van der Waals surface area (Å²) in [5.41, 5.74) is 5.64. The lowest BCUT2D eigenvalue weighted by molar-refractivity contribution is -0.384. The molecule has 4 heterocycles. The van der Waals surface area contributed by atoms with Gasteiger partial charge in [0, 0.05) is 67.1 Å². The molecule has 9 rings (SSSR count). The smallest absolute Gasteiger partial charge is 0.293 e. The Morgan fingerprint density at radius 2 is 1.84 bits per heavy atom. The van der Waals surface area contributed by atoms with E-state index >= 15 is 0 Å². The number of halogens is 1. The van der Waals surface area contributed by atoms with Gasteiger partial charge in [-0.15, -0.1) is 0 Å². The van der Waals surface area contributed by atoms with Gasteiger partial charge in [-0.05, 0) is 97.2 Å². The Hall–Kier alpha value is -5.52. The van der Waals surface area contributed by atoms with Crippen LogP contribution >= 0.6 is 11.6 Å². The maximum absolute atomic E-state index is 13.9. The first-order chi connectivity index (χ1) is 29.5. The average Bonchev–Trinajstić information content (AvgIpc) is 3.72. The highest BCUT2D eigenvalue weighted by molar-refractivity contribution is 7.90. The van der Waals surface area contributed by atoms with Crippen LogP contribution in [0.5, 0.6) is 11.5 Å². The molecule has 15 nitrogen and oxygen atoms in total. The molecule has 3 N–H and O–H groups in total. The summed E-state index contributed by atoms with van der Waals surface area (Å²) in [7, 11) is -4.59. The Labute approximate surface area is 358 Å². The summed E-state index contributed by atoms with van der Waals surface area (Å²) >= 11 is 6.27. The van der Waals surface area contributed by atoms with Gasteiger partial charge in [-0.25, -0.2) is 18.1 Å². The number of pyridine rings is 1. The Morgan fingerprint density at radius 3 is 2.57 bits per heavy atom. The number of fused-ring (bicyclic) bond motifs is 1. The van der Waals surface area contributed by atoms with Crippen molar-refractivity contribution in [3.05, 3.63) is 117 Å². The van der Waals surface area contributed by atoms with Gasteiger partial charge in [0.2, 0.25) is 0 Å². The molecule has 2 aliphatic carbocycles. The molecule has 1 spiro atoms. The monoisotopic (exact) mass is 867 g/mol. The molecule has 1 saturated carbocycles. The second-order valence-electron chi connectivity index (χ2n) is 16.2. The summed E-state index contributed by atoms with van der Waals surface area (Å²) < 4.78 is 46.6. The van der Waals surface area contributed by atoms with Crippen molar-refractivity contribution >= 4 is 61.2 Å². The molecule has 3 fully saturated rings. The maximum atomic E-state index is 13.9. The topological polar surface area (TPSA) is 181 Å². The lowest BCUT2D eigenvalue weighted by atomic mass is 9.59. The van der Waals surface area contributed by atoms with Gasteiger partial charge in [0.05, 0.1) is 41.4 Å². The number of nitrogens with zero attached hydrogens (tertiary/aromatic N) is 4. The first-order valence-electron chi connectivity index (χ1n) is 20.5. The van der Waals surface area contributed by atoms with E-state index in [1.54, 1.807) is 24.4 Å². The highest BCUT2D eigenvalue weighted by atomic mass is 35.5. The minimum Gasteiger partial charge on any atom is -0.455 e. The fourth-order valence-corrected chi connectivity index (χ4v) is 9.95. The third-order valence-corrected chi connectivity index (χ3v) is 13.9. The number of rotatable bonds is 12. The van der Waals surface area contributed by atoms with Crippen LogP contribution in [0.2, 0.25) is 5.02 Å². The Balaban J connectivity index is 0.935. The van der Waals surface area contributed by atoms with Crippen LogP contribution in [0.25, 0.3) is 16.6 Å². The number of anilines is 2. The number of nitro groups is 1. The number of aromatic amines is 1. The summed E-state index contributed by atoms with van der Waals surface area (Å²) in [5.74, 6) is -0.506. The Morgan fingerprint density at radius 1 is 1.02 bits per heavy atom. The molecule has 2 aromatic heterocycles. The van der Waals surface area contributed by atoms with Gasteiger partial charge in [-0.3, -0.25) is 19.8 Å². The molecule has 2 saturated heterocycles. The number of benzene rings is 3. The number of amides is 1. The molecule has 1 atom stereocenters. The quantitative estimate of drug-likeness (QED) is 0.0821. The molecule has 4 aliphatic rings. The summed E-state index contributed by atoms with van der Waals surface area (Å²) in [4.78, 5) is 36.9. The molecule has 0 bridgehead atoms. The molecule has 318 valence electrons. The molecule has 0 radical (unpaired) electrons. The van der Waals surface area contributed by atoms with Crippen molar-refractivity contribution < 1.29 is 32.3 Å². The SMILES string of the molecule is O=C(NS(=O)(=O)c1ccc(NC2COCCO2)c([N+](=O)[O-])c1)c1ccc(N2CCN(CC3=C(c4ccc(Cl)cc4)CC4(CCC4)CC3)CC2)cc1Oc1cnc2[nH]ccc2c1. The molecule has 2 aliphatic heterocycles. The zero-order valence-electron chi connectivity index (χ0n) is 33.4. The highest BCUT2D eigenvalue weighted by Gasteiger charge is 2.41. The van der Waals surface area contributed by atoms with Crippen LogP contribution in [0.3, 0.4) is 0 Å². The minimum atomic E-state index is -4.59. The fourth-order valence-electron chi connectivity index (χ4n) is 8.84. The van der Waals surface area contributed by atoms with E-state index in [0.29, 0.717) is 30.0 Å². The second kappa shape index (κ2) is 17.1. The number of nitrogens with one attached hydrogen (secondary N) is 3. The van der Waals surface area contributed by atoms with E-state index in [1.165, 1.54) is 66.8 Å². The van der Waals surface area contributed by atoms with Gasteiger partial charge >= 0.3 is 0 Å². The lowest BCUT2D eigenvalue weighted by Crippen LogP contribution is -2.47. The average molecular weight is 868 g/mol. The van der Waals surface area contributed by atoms with Crippen LogP contribution in [-0.2, 0) is 19.5 Å². The van der Waals surface area contributed by atoms with E-state index in [1.807, 2.05) is 18.2 Å². The normalized spacial score (nSPS) is 19.4. The molecule has 1 amide bonds. The molecule has 3 aromatic carbocycles. The third-order valence-electron chi connectivity index (χ3n) is 12.3. The number of H-pyrrole nitrogens is 1. The van der Waals surface area contributed by atoms with E-state index in [-0.39, 0.29) is 23.6 Å². The first-order valence-corrected chi connectivity index (χ1v) is 22.4. The summed E-state index contributed by atoms with van der Waals surface area (Å²) in [6.45, 7) is 4.88. The number of allylic oxidation sites excluding steroid dienone is 1. The van der Waals surface area contributed by atoms with E-state index in [4.69, 9.17) is 25.8 Å². The molecular weight excluding hydrogens is 822 g/mol. The molecule has 17 heteroatoms. The fraction of sp³-hybridized carbons (Fsp3) is 0.364. The summed E-state index contributed by atoms with van der Waals surface area (Å²) in [6.07, 6.45) is 10.0. The third kappa shape index (κ3) is 8.95. The van der Waals surface area contributed by atoms with E-state index in [0.717, 1.165) is 67.7 Å². The van der Waals surface area contributed by atoms with Gasteiger partial charge in [0.15, 0.2) is 6.23 Å². The van der Waals surface area contributed by atoms with Crippen molar-refractivity contribution in [2.24, 2.45) is 5.41 Å². The van der Waals surface area contributed by atoms with Crippen LogP contribution in [0.1, 0.15) is 54.4 Å². The number of ether oxygens (including phenoxy) is 3. The zero-order chi connectivity index (χ0) is 42.1. The van der Waals surface area contributed by atoms with Crippen molar-refractivity contribution in [1.29, 1.82) is 0 Å². The number of piperazine rings is 1. The predicted molar refractivity (Wildman–Crippen MR) is 232 cm³/mol. The van der Waals surface area contributed by atoms with Crippen molar-refractivity contribution in [1.82, 2.24) is 19.6 Å². The van der Waals surface area contributed by atoms with Crippen molar-refractivity contribution in [3.8, 4) is 11.5 Å². The Kier molecular flexibility index (Phi) is 11.4. The van der Waals surface area contributed by atoms with Gasteiger partial charge in [0.1, 0.15) is 22.8 Å². The van der Waals surface area contributed by atoms with Crippen LogP contribution in [0.4, 0.5) is 17.1 Å². The molecule has 5 aromatic rings. The minimum absolute atomic E-state index is 0.0431. The maximum Gasteiger partial charge on any atom is 0.293 e. The van der Waals surface area contributed by atoms with Crippen molar-refractivity contribution in [2.45, 2.75) is 49.6 Å². The standard InChI is InChI=1S/C44H46ClN7O8S/c45-32-4-2-29(3-5-32)37-25-44(12-1-13-44)14-10-31(37)27-50-16-18-51(19-17-50)33-6-8-36(40(23-33)60-34-22-30-11-15-46-42(30)47-26-34)43(53)49-61(56,57)35-7-9-38(39(24-35)52(54)55)48-41-28-58-20-21-59-41/h2-9,11,15,22-24,26,41,48H,1,10,12-14,16-21,25,27-28H2,(H,46,47)(H,49,53). The number of hydrogen-bond acceptors (Lipinski definition) is 12. The van der Waals surface area contributed by atoms with Gasteiger partial charge in [0.25, 0.3) is 21.6 Å². The number of carbonyl (C=O) groups excluding carboxylic acids is 1. The largest absolute Gasteiger partial charge is 0.455 e. The molecule has 61 heavy (non-hydrogen) atoms. The van der Waals surface area contributed by atoms with Gasteiger partial charge in [-0.1, -0.05) is 35.7 Å².